The monoisotopic (exact) mass is 220 g/mol. The van der Waals surface area contributed by atoms with Crippen LogP contribution in [0.5, 0.6) is 11.5 Å². The highest BCUT2D eigenvalue weighted by molar-refractivity contribution is 6.08. The fourth-order valence-electron chi connectivity index (χ4n) is 1.77. The molecule has 4 heteroatoms. The van der Waals surface area contributed by atoms with E-state index >= 15 is 0 Å². The van der Waals surface area contributed by atoms with E-state index in [1.54, 1.807) is 18.2 Å². The highest BCUT2D eigenvalue weighted by Gasteiger charge is 2.27. The van der Waals surface area contributed by atoms with Crippen molar-refractivity contribution in [3.8, 4) is 11.5 Å². The summed E-state index contributed by atoms with van der Waals surface area (Å²) in [6.45, 7) is 0. The van der Waals surface area contributed by atoms with Gasteiger partial charge in [0.15, 0.2) is 5.78 Å². The van der Waals surface area contributed by atoms with Gasteiger partial charge < -0.3 is 14.6 Å². The highest BCUT2D eigenvalue weighted by Crippen LogP contribution is 2.34. The predicted molar refractivity (Wildman–Crippen MR) is 58.9 cm³/mol. The number of hydrogen-bond acceptors (Lipinski definition) is 4. The van der Waals surface area contributed by atoms with Crippen molar-refractivity contribution in [2.45, 2.75) is 6.10 Å². The van der Waals surface area contributed by atoms with E-state index in [-0.39, 0.29) is 5.78 Å². The van der Waals surface area contributed by atoms with Crippen molar-refractivity contribution >= 4 is 11.9 Å². The van der Waals surface area contributed by atoms with Crippen LogP contribution in [0, 0.1) is 0 Å². The molecule has 0 amide bonds. The first-order valence-electron chi connectivity index (χ1n) is 4.84. The molecule has 1 unspecified atom stereocenters. The number of fused-ring (bicyclic) bond motifs is 1. The normalized spacial score (nSPS) is 18.2. The van der Waals surface area contributed by atoms with Crippen molar-refractivity contribution in [2.75, 3.05) is 14.2 Å². The number of ketones is 1. The minimum absolute atomic E-state index is 0.367. The Kier molecular flexibility index (Phi) is 2.66. The molecule has 0 aromatic heterocycles. The van der Waals surface area contributed by atoms with Gasteiger partial charge in [0, 0.05) is 5.56 Å². The Morgan fingerprint density at radius 3 is 2.44 bits per heavy atom. The lowest BCUT2D eigenvalue weighted by molar-refractivity contribution is 0.0814. The molecule has 0 aliphatic heterocycles. The lowest BCUT2D eigenvalue weighted by Gasteiger charge is -2.19. The van der Waals surface area contributed by atoms with E-state index in [0.29, 0.717) is 22.6 Å². The van der Waals surface area contributed by atoms with E-state index in [2.05, 4.69) is 0 Å². The molecule has 16 heavy (non-hydrogen) atoms. The van der Waals surface area contributed by atoms with Crippen LogP contribution < -0.4 is 9.47 Å². The summed E-state index contributed by atoms with van der Waals surface area (Å²) in [5.74, 6) is 0.671. The number of benzene rings is 1. The molecule has 1 aromatic rings. The number of Topliss-reactive ketones (excluding diaryl/α,β-unsaturated/α-hetero) is 1. The maximum Gasteiger partial charge on any atom is 0.199 e. The second-order valence-electron chi connectivity index (χ2n) is 3.43. The number of hydrogen-bond donors (Lipinski definition) is 1. The first-order valence-corrected chi connectivity index (χ1v) is 4.84. The summed E-state index contributed by atoms with van der Waals surface area (Å²) in [6, 6.07) is 3.38. The summed E-state index contributed by atoms with van der Waals surface area (Å²) in [5, 5.41) is 9.48. The first-order chi connectivity index (χ1) is 7.69. The molecule has 1 aliphatic rings. The average Bonchev–Trinajstić information content (AvgIpc) is 2.32. The molecule has 4 nitrogen and oxygen atoms in total. The Hall–Kier alpha value is -1.81. The predicted octanol–water partition coefficient (Wildman–Crippen LogP) is 1.27. The molecule has 0 heterocycles. The van der Waals surface area contributed by atoms with Gasteiger partial charge in [-0.2, -0.15) is 0 Å². The number of carbonyl (C=O) groups is 1. The van der Waals surface area contributed by atoms with Gasteiger partial charge in [0.05, 0.1) is 19.8 Å². The van der Waals surface area contributed by atoms with Crippen LogP contribution >= 0.6 is 0 Å². The topological polar surface area (TPSA) is 55.8 Å². The van der Waals surface area contributed by atoms with Crippen LogP contribution in [-0.2, 0) is 0 Å². The highest BCUT2D eigenvalue weighted by atomic mass is 16.5. The van der Waals surface area contributed by atoms with Gasteiger partial charge in [-0.25, -0.2) is 0 Å². The molecule has 1 aromatic carbocycles. The zero-order valence-corrected chi connectivity index (χ0v) is 9.06. The third kappa shape index (κ3) is 1.47. The lowest BCUT2D eigenvalue weighted by atomic mass is 9.93. The van der Waals surface area contributed by atoms with Crippen molar-refractivity contribution in [1.82, 2.24) is 0 Å². The van der Waals surface area contributed by atoms with Crippen molar-refractivity contribution in [2.24, 2.45) is 0 Å². The van der Waals surface area contributed by atoms with Crippen molar-refractivity contribution in [1.29, 1.82) is 0 Å². The molecule has 1 atom stereocenters. The molecule has 0 fully saturated rings. The summed E-state index contributed by atoms with van der Waals surface area (Å²) < 4.78 is 10.3. The first kappa shape index (κ1) is 10.7. The number of aliphatic hydroxyl groups excluding tert-OH is 1. The molecule has 1 aliphatic carbocycles. The second-order valence-corrected chi connectivity index (χ2v) is 3.43. The molecular formula is C12H12O4. The van der Waals surface area contributed by atoms with Crippen molar-refractivity contribution in [3.05, 3.63) is 29.3 Å². The van der Waals surface area contributed by atoms with E-state index in [1.165, 1.54) is 20.3 Å². The van der Waals surface area contributed by atoms with Gasteiger partial charge in [-0.3, -0.25) is 4.79 Å². The number of aliphatic hydroxyl groups is 1. The molecule has 84 valence electrons. The van der Waals surface area contributed by atoms with Crippen LogP contribution in [-0.4, -0.2) is 31.2 Å². The number of methoxy groups -OCH3 is 2. The van der Waals surface area contributed by atoms with E-state index < -0.39 is 6.10 Å². The summed E-state index contributed by atoms with van der Waals surface area (Å²) in [4.78, 5) is 11.8. The smallest absolute Gasteiger partial charge is 0.199 e. The van der Waals surface area contributed by atoms with Gasteiger partial charge in [0.2, 0.25) is 0 Å². The number of carbonyl (C=O) groups excluding carboxylic acids is 1. The van der Waals surface area contributed by atoms with Gasteiger partial charge in [0.1, 0.15) is 17.6 Å². The Balaban J connectivity index is 2.68. The van der Waals surface area contributed by atoms with Crippen molar-refractivity contribution < 1.29 is 19.4 Å². The summed E-state index contributed by atoms with van der Waals surface area (Å²) in [5.41, 5.74) is 1.02. The maximum absolute atomic E-state index is 11.8. The van der Waals surface area contributed by atoms with Crippen LogP contribution in [0.3, 0.4) is 0 Å². The van der Waals surface area contributed by atoms with E-state index in [1.807, 2.05) is 0 Å². The van der Waals surface area contributed by atoms with Gasteiger partial charge in [-0.05, 0) is 18.2 Å². The average molecular weight is 220 g/mol. The van der Waals surface area contributed by atoms with E-state index in [4.69, 9.17) is 9.47 Å². The second kappa shape index (κ2) is 3.98. The Morgan fingerprint density at radius 1 is 1.19 bits per heavy atom. The van der Waals surface area contributed by atoms with Crippen LogP contribution in [0.2, 0.25) is 0 Å². The summed E-state index contributed by atoms with van der Waals surface area (Å²) in [7, 11) is 3.02. The van der Waals surface area contributed by atoms with Crippen LogP contribution in [0.1, 0.15) is 15.9 Å². The van der Waals surface area contributed by atoms with E-state index in [0.717, 1.165) is 0 Å². The Bertz CT molecular complexity index is 462. The summed E-state index contributed by atoms with van der Waals surface area (Å²) in [6.07, 6.45) is 2.00. The molecule has 1 N–H and O–H groups in total. The van der Waals surface area contributed by atoms with Gasteiger partial charge >= 0.3 is 0 Å². The van der Waals surface area contributed by atoms with Crippen LogP contribution in [0.4, 0.5) is 0 Å². The molecular weight excluding hydrogens is 208 g/mol. The third-order valence-corrected chi connectivity index (χ3v) is 2.57. The fourth-order valence-corrected chi connectivity index (χ4v) is 1.77. The standard InChI is InChI=1S/C12H12O4/c1-15-9-5-6-10(16-2)11-7(9)3-4-8(13)12(11)14/h3-6,8,13H,1-2H3. The van der Waals surface area contributed by atoms with E-state index in [9.17, 15) is 9.90 Å². The Morgan fingerprint density at radius 2 is 1.81 bits per heavy atom. The quantitative estimate of drug-likeness (QED) is 0.815. The van der Waals surface area contributed by atoms with Gasteiger partial charge in [-0.15, -0.1) is 0 Å². The minimum atomic E-state index is -1.10. The number of ether oxygens (including phenoxy) is 2. The van der Waals surface area contributed by atoms with Gasteiger partial charge in [-0.1, -0.05) is 6.08 Å². The molecule has 0 spiro atoms. The van der Waals surface area contributed by atoms with Gasteiger partial charge in [0.25, 0.3) is 0 Å². The SMILES string of the molecule is COc1ccc(OC)c2c1C=CC(O)C2=O. The Labute approximate surface area is 93.1 Å². The molecule has 0 radical (unpaired) electrons. The zero-order chi connectivity index (χ0) is 11.7. The summed E-state index contributed by atoms with van der Waals surface area (Å²) >= 11 is 0. The minimum Gasteiger partial charge on any atom is -0.496 e. The molecule has 0 bridgehead atoms. The lowest BCUT2D eigenvalue weighted by Crippen LogP contribution is -2.22. The number of rotatable bonds is 2. The third-order valence-electron chi connectivity index (χ3n) is 2.57. The van der Waals surface area contributed by atoms with Crippen LogP contribution in [0.15, 0.2) is 18.2 Å². The van der Waals surface area contributed by atoms with Crippen LogP contribution in [0.25, 0.3) is 6.08 Å². The molecule has 0 saturated heterocycles. The largest absolute Gasteiger partial charge is 0.496 e. The van der Waals surface area contributed by atoms with Crippen molar-refractivity contribution in [3.63, 3.8) is 0 Å². The maximum atomic E-state index is 11.8. The zero-order valence-electron chi connectivity index (χ0n) is 9.06. The fraction of sp³-hybridized carbons (Fsp3) is 0.250. The molecule has 2 rings (SSSR count). The molecule has 0 saturated carbocycles.